The first kappa shape index (κ1) is 25.4. The van der Waals surface area contributed by atoms with E-state index in [0.29, 0.717) is 49.2 Å². The van der Waals surface area contributed by atoms with E-state index >= 15 is 0 Å². The Balaban J connectivity index is 1.56. The highest BCUT2D eigenvalue weighted by molar-refractivity contribution is 5.81. The predicted molar refractivity (Wildman–Crippen MR) is 136 cm³/mol. The second kappa shape index (κ2) is 10.7. The van der Waals surface area contributed by atoms with Gasteiger partial charge in [-0.3, -0.25) is 14.3 Å². The van der Waals surface area contributed by atoms with Gasteiger partial charge in [-0.15, -0.1) is 0 Å². The van der Waals surface area contributed by atoms with Crippen LogP contribution in [0.4, 0.5) is 19.1 Å². The van der Waals surface area contributed by atoms with Gasteiger partial charge in [0.2, 0.25) is 5.95 Å². The minimum Gasteiger partial charge on any atom is -0.391 e. The molecule has 0 spiro atoms. The van der Waals surface area contributed by atoms with Crippen molar-refractivity contribution < 1.29 is 18.3 Å². The van der Waals surface area contributed by atoms with Crippen LogP contribution in [-0.2, 0) is 12.7 Å². The summed E-state index contributed by atoms with van der Waals surface area (Å²) < 4.78 is 42.0. The molecule has 1 aliphatic carbocycles. The number of benzene rings is 1. The Hall–Kier alpha value is -3.20. The monoisotopic (exact) mass is 512 g/mol. The number of anilines is 1. The first-order chi connectivity index (χ1) is 17.8. The Morgan fingerprint density at radius 3 is 2.49 bits per heavy atom. The van der Waals surface area contributed by atoms with Crippen molar-refractivity contribution in [2.45, 2.75) is 63.8 Å². The summed E-state index contributed by atoms with van der Waals surface area (Å²) in [5, 5.41) is 10.9. The van der Waals surface area contributed by atoms with Gasteiger partial charge in [0.05, 0.1) is 22.9 Å². The van der Waals surface area contributed by atoms with Crippen LogP contribution in [-0.4, -0.2) is 38.8 Å². The third-order valence-electron chi connectivity index (χ3n) is 7.44. The second-order valence-electron chi connectivity index (χ2n) is 10.1. The van der Waals surface area contributed by atoms with Gasteiger partial charge in [-0.05, 0) is 48.6 Å². The van der Waals surface area contributed by atoms with Gasteiger partial charge in [0.1, 0.15) is 0 Å². The van der Waals surface area contributed by atoms with Crippen molar-refractivity contribution in [1.29, 1.82) is 0 Å². The van der Waals surface area contributed by atoms with E-state index in [0.717, 1.165) is 31.4 Å². The third kappa shape index (κ3) is 5.56. The van der Waals surface area contributed by atoms with Crippen LogP contribution in [0.2, 0.25) is 0 Å². The summed E-state index contributed by atoms with van der Waals surface area (Å²) in [5.74, 6) is 0.959. The molecule has 0 bridgehead atoms. The number of halogens is 3. The fourth-order valence-electron chi connectivity index (χ4n) is 5.65. The summed E-state index contributed by atoms with van der Waals surface area (Å²) in [4.78, 5) is 24.7. The smallest absolute Gasteiger partial charge is 0.391 e. The highest BCUT2D eigenvalue weighted by atomic mass is 19.4. The van der Waals surface area contributed by atoms with E-state index in [4.69, 9.17) is 4.98 Å². The van der Waals surface area contributed by atoms with Crippen molar-refractivity contribution >= 4 is 5.95 Å². The zero-order chi connectivity index (χ0) is 26.0. The molecule has 9 heteroatoms. The van der Waals surface area contributed by atoms with E-state index in [-0.39, 0.29) is 16.7 Å². The van der Waals surface area contributed by atoms with Crippen molar-refractivity contribution in [3.8, 4) is 22.4 Å². The molecule has 1 N–H and O–H groups in total. The number of aromatic nitrogens is 3. The molecule has 2 aromatic heterocycles. The molecule has 1 aliphatic heterocycles. The zero-order valence-corrected chi connectivity index (χ0v) is 20.6. The van der Waals surface area contributed by atoms with Gasteiger partial charge in [0, 0.05) is 37.6 Å². The molecule has 0 radical (unpaired) electrons. The van der Waals surface area contributed by atoms with E-state index in [2.05, 4.69) is 4.98 Å². The van der Waals surface area contributed by atoms with E-state index in [1.54, 1.807) is 24.5 Å². The summed E-state index contributed by atoms with van der Waals surface area (Å²) in [6.07, 6.45) is 5.39. The van der Waals surface area contributed by atoms with E-state index < -0.39 is 17.8 Å². The number of hydrogen-bond donors (Lipinski definition) is 1. The van der Waals surface area contributed by atoms with Crippen LogP contribution in [0.3, 0.4) is 0 Å². The summed E-state index contributed by atoms with van der Waals surface area (Å²) in [6.45, 7) is 1.42. The largest absolute Gasteiger partial charge is 0.416 e. The number of aliphatic hydroxyl groups is 1. The van der Waals surface area contributed by atoms with Gasteiger partial charge in [0.15, 0.2) is 0 Å². The van der Waals surface area contributed by atoms with Crippen molar-refractivity contribution in [1.82, 2.24) is 14.5 Å². The second-order valence-corrected chi connectivity index (χ2v) is 10.1. The van der Waals surface area contributed by atoms with Gasteiger partial charge in [-0.2, -0.15) is 13.2 Å². The molecule has 3 heterocycles. The average molecular weight is 513 g/mol. The molecular weight excluding hydrogens is 481 g/mol. The molecule has 1 fully saturated rings. The van der Waals surface area contributed by atoms with Crippen molar-refractivity contribution in [2.75, 3.05) is 18.0 Å². The number of fused-ring (bicyclic) bond motifs is 1. The Morgan fingerprint density at radius 1 is 1.00 bits per heavy atom. The Morgan fingerprint density at radius 2 is 1.76 bits per heavy atom. The molecule has 37 heavy (non-hydrogen) atoms. The standard InChI is InChI=1S/C28H31F3N4O2/c29-28(30,31)22-9-4-8-21(17-22)24-25(20-10-12-32-13-11-20)33-27-34(14-5-15-35(27)26(24)37)18-23(36)16-19-6-2-1-3-7-19/h4,8-13,17,19,23,36H,1-3,5-7,14-16,18H2. The predicted octanol–water partition coefficient (Wildman–Crippen LogP) is 5.53. The normalized spacial score (nSPS) is 17.5. The first-order valence-corrected chi connectivity index (χ1v) is 13.0. The van der Waals surface area contributed by atoms with E-state index in [9.17, 15) is 23.1 Å². The SMILES string of the molecule is O=c1c(-c2cccc(C(F)(F)F)c2)c(-c2ccncc2)nc2n1CCCN2CC(O)CC1CCCCC1. The lowest BCUT2D eigenvalue weighted by molar-refractivity contribution is -0.137. The maximum Gasteiger partial charge on any atom is 0.416 e. The fourth-order valence-corrected chi connectivity index (χ4v) is 5.65. The third-order valence-corrected chi connectivity index (χ3v) is 7.44. The lowest BCUT2D eigenvalue weighted by Gasteiger charge is -2.34. The van der Waals surface area contributed by atoms with Gasteiger partial charge < -0.3 is 10.0 Å². The summed E-state index contributed by atoms with van der Waals surface area (Å²) in [5.41, 5.74) is 0.000231. The molecule has 1 saturated carbocycles. The number of rotatable bonds is 6. The highest BCUT2D eigenvalue weighted by Crippen LogP contribution is 2.35. The average Bonchev–Trinajstić information content (AvgIpc) is 2.89. The molecule has 6 nitrogen and oxygen atoms in total. The Bertz CT molecular complexity index is 1290. The van der Waals surface area contributed by atoms with E-state index in [1.807, 2.05) is 4.90 Å². The van der Waals surface area contributed by atoms with Gasteiger partial charge >= 0.3 is 6.18 Å². The lowest BCUT2D eigenvalue weighted by atomic mass is 9.85. The van der Waals surface area contributed by atoms with Crippen LogP contribution in [0.25, 0.3) is 22.4 Å². The molecule has 0 amide bonds. The number of aliphatic hydroxyl groups excluding tert-OH is 1. The van der Waals surface area contributed by atoms with Crippen molar-refractivity contribution in [3.63, 3.8) is 0 Å². The quantitative estimate of drug-likeness (QED) is 0.470. The molecule has 1 aromatic carbocycles. The van der Waals surface area contributed by atoms with Gasteiger partial charge in [-0.25, -0.2) is 4.98 Å². The molecule has 5 rings (SSSR count). The summed E-state index contributed by atoms with van der Waals surface area (Å²) >= 11 is 0. The molecule has 196 valence electrons. The molecular formula is C28H31F3N4O2. The molecule has 1 unspecified atom stereocenters. The number of hydrogen-bond acceptors (Lipinski definition) is 5. The number of pyridine rings is 1. The van der Waals surface area contributed by atoms with Gasteiger partial charge in [0.25, 0.3) is 5.56 Å². The van der Waals surface area contributed by atoms with Crippen LogP contribution in [0.1, 0.15) is 50.5 Å². The first-order valence-electron chi connectivity index (χ1n) is 13.0. The molecule has 0 saturated heterocycles. The Labute approximate surface area is 213 Å². The topological polar surface area (TPSA) is 71.2 Å². The van der Waals surface area contributed by atoms with Crippen molar-refractivity contribution in [2.24, 2.45) is 5.92 Å². The van der Waals surface area contributed by atoms with Crippen LogP contribution < -0.4 is 10.5 Å². The molecule has 1 atom stereocenters. The highest BCUT2D eigenvalue weighted by Gasteiger charge is 2.32. The van der Waals surface area contributed by atoms with E-state index in [1.165, 1.54) is 36.0 Å². The zero-order valence-electron chi connectivity index (χ0n) is 20.6. The number of nitrogens with zero attached hydrogens (tertiary/aromatic N) is 4. The molecule has 2 aliphatic rings. The summed E-state index contributed by atoms with van der Waals surface area (Å²) in [7, 11) is 0. The van der Waals surface area contributed by atoms with Crippen LogP contribution in [0, 0.1) is 5.92 Å². The summed E-state index contributed by atoms with van der Waals surface area (Å²) in [6, 6.07) is 8.22. The lowest BCUT2D eigenvalue weighted by Crippen LogP contribution is -2.43. The van der Waals surface area contributed by atoms with Crippen LogP contribution in [0.5, 0.6) is 0 Å². The van der Waals surface area contributed by atoms with Crippen LogP contribution >= 0.6 is 0 Å². The fraction of sp³-hybridized carbons (Fsp3) is 0.464. The number of alkyl halides is 3. The van der Waals surface area contributed by atoms with Crippen molar-refractivity contribution in [3.05, 3.63) is 64.7 Å². The van der Waals surface area contributed by atoms with Crippen LogP contribution in [0.15, 0.2) is 53.6 Å². The maximum atomic E-state index is 13.9. The molecule has 3 aromatic rings. The minimum absolute atomic E-state index is 0.130. The maximum absolute atomic E-state index is 13.9. The van der Waals surface area contributed by atoms with Gasteiger partial charge in [-0.1, -0.05) is 44.2 Å². The Kier molecular flexibility index (Phi) is 7.33. The number of β-amino-alcohol motifs (C(OH)–C–C–N with tert-alkyl or cyclic N) is 1. The minimum atomic E-state index is -4.53.